The van der Waals surface area contributed by atoms with Gasteiger partial charge in [-0.15, -0.1) is 0 Å². The minimum Gasteiger partial charge on any atom is -0.487 e. The fourth-order valence-electron chi connectivity index (χ4n) is 6.72. The van der Waals surface area contributed by atoms with Crippen molar-refractivity contribution in [3.63, 3.8) is 0 Å². The Hall–Kier alpha value is -2.47. The molecule has 2 aromatic carbocycles. The van der Waals surface area contributed by atoms with E-state index in [-0.39, 0.29) is 11.9 Å². The number of fused-ring (bicyclic) bond motifs is 1. The predicted octanol–water partition coefficient (Wildman–Crippen LogP) is 11.5. The van der Waals surface area contributed by atoms with Crippen LogP contribution in [0.3, 0.4) is 0 Å². The molecule has 4 rings (SSSR count). The molecule has 3 aromatic rings. The van der Waals surface area contributed by atoms with E-state index in [2.05, 4.69) is 54.3 Å². The van der Waals surface area contributed by atoms with Crippen LogP contribution >= 0.6 is 12.6 Å². The fraction of sp³-hybridized carbons (Fsp3) is 0.615. The number of piperidine rings is 1. The average molecular weight is 636 g/mol. The van der Waals surface area contributed by atoms with Gasteiger partial charge in [0.15, 0.2) is 11.3 Å². The van der Waals surface area contributed by atoms with Gasteiger partial charge in [0, 0.05) is 42.4 Å². The van der Waals surface area contributed by atoms with Crippen molar-refractivity contribution in [1.29, 1.82) is 0 Å². The summed E-state index contributed by atoms with van der Waals surface area (Å²) in [5, 5.41) is 5.25. The van der Waals surface area contributed by atoms with Crippen molar-refractivity contribution in [2.24, 2.45) is 5.92 Å². The van der Waals surface area contributed by atoms with Gasteiger partial charge in [0.2, 0.25) is 0 Å². The summed E-state index contributed by atoms with van der Waals surface area (Å²) in [7, 11) is 0. The van der Waals surface area contributed by atoms with Crippen LogP contribution in [-0.4, -0.2) is 30.1 Å². The molecule has 1 fully saturated rings. The van der Waals surface area contributed by atoms with E-state index in [9.17, 15) is 4.39 Å². The van der Waals surface area contributed by atoms with E-state index in [0.717, 1.165) is 73.5 Å². The summed E-state index contributed by atoms with van der Waals surface area (Å²) in [4.78, 5) is 2.42. The van der Waals surface area contributed by atoms with Crippen LogP contribution in [0.1, 0.15) is 128 Å². The molecule has 0 spiro atoms. The van der Waals surface area contributed by atoms with Crippen LogP contribution in [-0.2, 0) is 0 Å². The highest BCUT2D eigenvalue weighted by atomic mass is 32.1. The SMILES string of the molecule is CCCCCCCC/C=C\CCCCCC(CS)C(CCC)Oc1[c]cccc1N1CCC(c2noc3cc(F)ccc23)CC1. The molecule has 1 aliphatic heterocycles. The molecule has 0 bridgehead atoms. The summed E-state index contributed by atoms with van der Waals surface area (Å²) in [5.41, 5.74) is 2.59. The van der Waals surface area contributed by atoms with Gasteiger partial charge in [-0.3, -0.25) is 0 Å². The molecule has 1 aromatic heterocycles. The summed E-state index contributed by atoms with van der Waals surface area (Å²) in [6.45, 7) is 6.32. The monoisotopic (exact) mass is 635 g/mol. The van der Waals surface area contributed by atoms with Gasteiger partial charge in [0.1, 0.15) is 11.9 Å². The van der Waals surface area contributed by atoms with Gasteiger partial charge < -0.3 is 14.2 Å². The second-order valence-electron chi connectivity index (χ2n) is 12.9. The molecule has 247 valence electrons. The first kappa shape index (κ1) is 35.4. The molecular weight excluding hydrogens is 580 g/mol. The third-order valence-corrected chi connectivity index (χ3v) is 9.89. The van der Waals surface area contributed by atoms with Gasteiger partial charge in [0.25, 0.3) is 0 Å². The number of para-hydroxylation sites is 1. The third-order valence-electron chi connectivity index (χ3n) is 9.42. The molecule has 1 saturated heterocycles. The topological polar surface area (TPSA) is 38.5 Å². The van der Waals surface area contributed by atoms with E-state index in [4.69, 9.17) is 21.9 Å². The number of rotatable bonds is 21. The summed E-state index contributed by atoms with van der Waals surface area (Å²) in [6.07, 6.45) is 24.5. The zero-order chi connectivity index (χ0) is 31.7. The summed E-state index contributed by atoms with van der Waals surface area (Å²) in [6, 6.07) is 14.3. The summed E-state index contributed by atoms with van der Waals surface area (Å²) < 4.78 is 25.9. The van der Waals surface area contributed by atoms with Crippen molar-refractivity contribution in [3.05, 3.63) is 66.1 Å². The maximum absolute atomic E-state index is 13.6. The molecule has 2 heterocycles. The van der Waals surface area contributed by atoms with Crippen LogP contribution in [0.2, 0.25) is 0 Å². The van der Waals surface area contributed by atoms with E-state index >= 15 is 0 Å². The maximum atomic E-state index is 13.6. The number of anilines is 1. The number of benzene rings is 2. The van der Waals surface area contributed by atoms with Crippen molar-refractivity contribution in [2.75, 3.05) is 23.7 Å². The van der Waals surface area contributed by atoms with E-state index in [0.29, 0.717) is 17.4 Å². The molecule has 0 aliphatic carbocycles. The quantitative estimate of drug-likeness (QED) is 0.0718. The van der Waals surface area contributed by atoms with E-state index in [1.807, 2.05) is 6.07 Å². The van der Waals surface area contributed by atoms with Crippen LogP contribution in [0.4, 0.5) is 10.1 Å². The highest BCUT2D eigenvalue weighted by Gasteiger charge is 2.28. The van der Waals surface area contributed by atoms with Crippen LogP contribution < -0.4 is 9.64 Å². The van der Waals surface area contributed by atoms with Gasteiger partial charge in [-0.1, -0.05) is 94.7 Å². The number of nitrogens with zero attached hydrogens (tertiary/aromatic N) is 2. The van der Waals surface area contributed by atoms with Gasteiger partial charge in [-0.05, 0) is 75.3 Å². The Labute approximate surface area is 277 Å². The maximum Gasteiger partial charge on any atom is 0.170 e. The molecule has 4 nitrogen and oxygen atoms in total. The van der Waals surface area contributed by atoms with Crippen molar-refractivity contribution in [1.82, 2.24) is 5.16 Å². The zero-order valence-electron chi connectivity index (χ0n) is 27.8. The molecule has 1 radical (unpaired) electrons. The van der Waals surface area contributed by atoms with Gasteiger partial charge in [0.05, 0.1) is 11.4 Å². The standard InChI is InChI=1S/C39H56FN2O2S/c1-3-5-6-7-8-9-10-11-12-13-14-15-16-20-32(30-45)36(19-4-2)43-37-22-18-17-21-35(37)42-27-25-31(26-28-42)39-34-24-23-33(40)29-38(34)44-41-39/h11-12,17-18,21,23-24,29,31-32,36,45H,3-10,13-16,19-20,25-28,30H2,1-2H3/b12-11-. The first-order chi connectivity index (χ1) is 22.1. The largest absolute Gasteiger partial charge is 0.487 e. The first-order valence-corrected chi connectivity index (χ1v) is 18.5. The van der Waals surface area contributed by atoms with Gasteiger partial charge in [-0.25, -0.2) is 4.39 Å². The lowest BCUT2D eigenvalue weighted by Gasteiger charge is -2.35. The van der Waals surface area contributed by atoms with Crippen LogP contribution in [0.5, 0.6) is 5.75 Å². The van der Waals surface area contributed by atoms with Crippen LogP contribution in [0, 0.1) is 17.8 Å². The highest BCUT2D eigenvalue weighted by molar-refractivity contribution is 7.80. The summed E-state index contributed by atoms with van der Waals surface area (Å²) in [5.74, 6) is 2.12. The third kappa shape index (κ3) is 11.1. The Kier molecular flexibility index (Phi) is 15.7. The number of hydrogen-bond donors (Lipinski definition) is 1. The molecule has 2 atom stereocenters. The Morgan fingerprint density at radius 1 is 0.978 bits per heavy atom. The van der Waals surface area contributed by atoms with Crippen LogP contribution in [0.25, 0.3) is 11.0 Å². The van der Waals surface area contributed by atoms with Gasteiger partial charge in [-0.2, -0.15) is 12.6 Å². The lowest BCUT2D eigenvalue weighted by atomic mass is 9.91. The minimum absolute atomic E-state index is 0.140. The second-order valence-corrected chi connectivity index (χ2v) is 13.3. The molecule has 0 amide bonds. The normalized spacial score (nSPS) is 15.7. The fourth-order valence-corrected chi connectivity index (χ4v) is 7.14. The summed E-state index contributed by atoms with van der Waals surface area (Å²) >= 11 is 4.78. The molecule has 0 N–H and O–H groups in total. The smallest absolute Gasteiger partial charge is 0.170 e. The Morgan fingerprint density at radius 3 is 2.44 bits per heavy atom. The minimum atomic E-state index is -0.295. The second kappa shape index (κ2) is 19.9. The molecule has 1 aliphatic rings. The number of hydrogen-bond acceptors (Lipinski definition) is 5. The number of unbranched alkanes of at least 4 members (excludes halogenated alkanes) is 9. The first-order valence-electron chi connectivity index (χ1n) is 17.9. The van der Waals surface area contributed by atoms with E-state index < -0.39 is 0 Å². The number of allylic oxidation sites excluding steroid dienone is 2. The lowest BCUT2D eigenvalue weighted by Crippen LogP contribution is -2.34. The van der Waals surface area contributed by atoms with Crippen molar-refractivity contribution in [3.8, 4) is 5.75 Å². The number of halogens is 1. The average Bonchev–Trinajstić information content (AvgIpc) is 3.48. The Morgan fingerprint density at radius 2 is 1.71 bits per heavy atom. The Balaban J connectivity index is 1.23. The highest BCUT2D eigenvalue weighted by Crippen LogP contribution is 2.38. The van der Waals surface area contributed by atoms with Crippen molar-refractivity contribution in [2.45, 2.75) is 129 Å². The molecule has 0 saturated carbocycles. The van der Waals surface area contributed by atoms with Gasteiger partial charge >= 0.3 is 0 Å². The molecule has 2 unspecified atom stereocenters. The number of aromatic nitrogens is 1. The molecule has 6 heteroatoms. The van der Waals surface area contributed by atoms with E-state index in [1.54, 1.807) is 6.07 Å². The molecular formula is C39H56FN2O2S. The molecule has 45 heavy (non-hydrogen) atoms. The van der Waals surface area contributed by atoms with Crippen molar-refractivity contribution >= 4 is 29.3 Å². The predicted molar refractivity (Wildman–Crippen MR) is 190 cm³/mol. The number of thiol groups is 1. The van der Waals surface area contributed by atoms with Crippen molar-refractivity contribution < 1.29 is 13.7 Å². The lowest BCUT2D eigenvalue weighted by molar-refractivity contribution is 0.128. The van der Waals surface area contributed by atoms with Crippen LogP contribution in [0.15, 0.2) is 53.1 Å². The zero-order valence-corrected chi connectivity index (χ0v) is 28.7. The number of ether oxygens (including phenoxy) is 1. The Bertz CT molecular complexity index is 1270. The van der Waals surface area contributed by atoms with E-state index in [1.165, 1.54) is 82.8 Å².